The Morgan fingerprint density at radius 2 is 1.97 bits per heavy atom. The normalized spacial score (nSPS) is 16.4. The van der Waals surface area contributed by atoms with Crippen LogP contribution in [0.25, 0.3) is 0 Å². The van der Waals surface area contributed by atoms with E-state index in [1.54, 1.807) is 25.3 Å². The molecule has 1 amide bonds. The molecule has 0 spiro atoms. The highest BCUT2D eigenvalue weighted by Gasteiger charge is 2.25. The molecule has 2 N–H and O–H groups in total. The predicted molar refractivity (Wildman–Crippen MR) is 132 cm³/mol. The minimum absolute atomic E-state index is 0.150. The van der Waals surface area contributed by atoms with E-state index >= 15 is 0 Å². The van der Waals surface area contributed by atoms with Crippen molar-refractivity contribution in [2.45, 2.75) is 11.0 Å². The number of methoxy groups -OCH3 is 1. The number of hydrogen-bond acceptors (Lipinski definition) is 10. The molecule has 196 valence electrons. The molecular weight excluding hydrogens is 492 g/mol. The summed E-state index contributed by atoms with van der Waals surface area (Å²) in [7, 11) is -2.71. The summed E-state index contributed by atoms with van der Waals surface area (Å²) in [5.41, 5.74) is -0.127. The summed E-state index contributed by atoms with van der Waals surface area (Å²) >= 11 is 0. The zero-order chi connectivity index (χ0) is 26.0. The standard InChI is InChI=1S/C23H30N4O8S/c1-33-13-14-34-11-9-26-10-12-35-19(17-26)16-24-21-8-7-20(15-22(21)27(29)30)36(31,32)25-23(28)18-5-3-2-4-6-18/h2-8,15,19,24H,9-14,16-17H2,1H3,(H,25,28)/t19-/m1/s1. The van der Waals surface area contributed by atoms with Crippen LogP contribution in [-0.2, 0) is 24.2 Å². The predicted octanol–water partition coefficient (Wildman–Crippen LogP) is 1.49. The van der Waals surface area contributed by atoms with Gasteiger partial charge in [-0.05, 0) is 24.3 Å². The third kappa shape index (κ3) is 7.96. The SMILES string of the molecule is COCCOCCN1CCO[C@H](CNc2ccc(S(=O)(=O)NC(=O)c3ccccc3)cc2[N+](=O)[O-])C1. The van der Waals surface area contributed by atoms with Gasteiger partial charge in [0.05, 0.1) is 42.4 Å². The quantitative estimate of drug-likeness (QED) is 0.225. The van der Waals surface area contributed by atoms with Gasteiger partial charge in [0.2, 0.25) is 0 Å². The van der Waals surface area contributed by atoms with E-state index in [-0.39, 0.29) is 17.4 Å². The zero-order valence-electron chi connectivity index (χ0n) is 19.9. The molecule has 1 aliphatic rings. The molecule has 1 atom stereocenters. The fourth-order valence-corrected chi connectivity index (χ4v) is 4.57. The van der Waals surface area contributed by atoms with Crippen LogP contribution in [0.4, 0.5) is 11.4 Å². The van der Waals surface area contributed by atoms with E-state index in [0.717, 1.165) is 19.2 Å². The van der Waals surface area contributed by atoms with E-state index in [1.165, 1.54) is 24.3 Å². The number of benzene rings is 2. The lowest BCUT2D eigenvalue weighted by atomic mass is 10.2. The molecule has 1 heterocycles. The van der Waals surface area contributed by atoms with Crippen molar-refractivity contribution in [1.29, 1.82) is 0 Å². The monoisotopic (exact) mass is 522 g/mol. The summed E-state index contributed by atoms with van der Waals surface area (Å²) in [6, 6.07) is 11.2. The molecule has 13 heteroatoms. The molecule has 0 aromatic heterocycles. The van der Waals surface area contributed by atoms with Gasteiger partial charge in [-0.2, -0.15) is 0 Å². The van der Waals surface area contributed by atoms with E-state index in [0.29, 0.717) is 39.5 Å². The van der Waals surface area contributed by atoms with Crippen molar-refractivity contribution < 1.29 is 32.3 Å². The molecule has 1 saturated heterocycles. The van der Waals surface area contributed by atoms with Crippen molar-refractivity contribution >= 4 is 27.3 Å². The second-order valence-electron chi connectivity index (χ2n) is 8.02. The second kappa shape index (κ2) is 13.3. The maximum absolute atomic E-state index is 12.7. The number of nitrogens with zero attached hydrogens (tertiary/aromatic N) is 2. The first-order valence-corrected chi connectivity index (χ1v) is 12.8. The molecule has 2 aromatic carbocycles. The molecule has 1 fully saturated rings. The lowest BCUT2D eigenvalue weighted by Gasteiger charge is -2.33. The molecule has 2 aromatic rings. The molecule has 12 nitrogen and oxygen atoms in total. The number of anilines is 1. The Morgan fingerprint density at radius 1 is 1.19 bits per heavy atom. The van der Waals surface area contributed by atoms with Crippen LogP contribution >= 0.6 is 0 Å². The number of nitrogens with one attached hydrogen (secondary N) is 2. The first-order chi connectivity index (χ1) is 17.3. The maximum Gasteiger partial charge on any atom is 0.293 e. The Balaban J connectivity index is 1.61. The number of amides is 1. The Kier molecular flexibility index (Phi) is 10.1. The van der Waals surface area contributed by atoms with Crippen LogP contribution in [0.15, 0.2) is 53.4 Å². The van der Waals surface area contributed by atoms with Crippen molar-refractivity contribution in [3.63, 3.8) is 0 Å². The first kappa shape index (κ1) is 27.5. The average molecular weight is 523 g/mol. The third-order valence-electron chi connectivity index (χ3n) is 5.47. The van der Waals surface area contributed by atoms with Gasteiger partial charge >= 0.3 is 0 Å². The van der Waals surface area contributed by atoms with Gasteiger partial charge in [-0.1, -0.05) is 18.2 Å². The summed E-state index contributed by atoms with van der Waals surface area (Å²) in [4.78, 5) is 25.0. The molecule has 0 radical (unpaired) electrons. The number of sulfonamides is 1. The van der Waals surface area contributed by atoms with Crippen LogP contribution < -0.4 is 10.0 Å². The van der Waals surface area contributed by atoms with Crippen LogP contribution in [0, 0.1) is 10.1 Å². The van der Waals surface area contributed by atoms with Gasteiger partial charge in [0.25, 0.3) is 21.6 Å². The van der Waals surface area contributed by atoms with Crippen molar-refractivity contribution in [3.8, 4) is 0 Å². The molecule has 0 bridgehead atoms. The summed E-state index contributed by atoms with van der Waals surface area (Å²) in [5.74, 6) is -0.830. The third-order valence-corrected chi connectivity index (χ3v) is 6.79. The number of ether oxygens (including phenoxy) is 3. The Bertz CT molecular complexity index is 1130. The smallest absolute Gasteiger partial charge is 0.293 e. The summed E-state index contributed by atoms with van der Waals surface area (Å²) in [6.07, 6.45) is -0.217. The maximum atomic E-state index is 12.7. The van der Waals surface area contributed by atoms with Gasteiger partial charge in [0.1, 0.15) is 5.69 Å². The van der Waals surface area contributed by atoms with Crippen LogP contribution in [0.5, 0.6) is 0 Å². The highest BCUT2D eigenvalue weighted by Crippen LogP contribution is 2.28. The Labute approximate surface area is 209 Å². The number of hydrogen-bond donors (Lipinski definition) is 2. The molecule has 0 unspecified atom stereocenters. The topological polar surface area (TPSA) is 149 Å². The van der Waals surface area contributed by atoms with Crippen LogP contribution in [0.2, 0.25) is 0 Å². The lowest BCUT2D eigenvalue weighted by molar-refractivity contribution is -0.384. The van der Waals surface area contributed by atoms with Crippen molar-refractivity contribution in [2.75, 3.05) is 65.0 Å². The number of nitro benzene ring substituents is 1. The Morgan fingerprint density at radius 3 is 2.69 bits per heavy atom. The summed E-state index contributed by atoms with van der Waals surface area (Å²) in [5, 5.41) is 14.7. The van der Waals surface area contributed by atoms with Crippen LogP contribution in [0.1, 0.15) is 10.4 Å². The first-order valence-electron chi connectivity index (χ1n) is 11.4. The van der Waals surface area contributed by atoms with Gasteiger partial charge in [0.15, 0.2) is 0 Å². The molecule has 0 saturated carbocycles. The van der Waals surface area contributed by atoms with Gasteiger partial charge in [-0.25, -0.2) is 13.1 Å². The average Bonchev–Trinajstić information content (AvgIpc) is 2.87. The van der Waals surface area contributed by atoms with Crippen LogP contribution in [-0.4, -0.2) is 90.0 Å². The molecule has 0 aliphatic carbocycles. The van der Waals surface area contributed by atoms with Crippen LogP contribution in [0.3, 0.4) is 0 Å². The lowest BCUT2D eigenvalue weighted by Crippen LogP contribution is -2.46. The highest BCUT2D eigenvalue weighted by molar-refractivity contribution is 7.90. The number of morpholine rings is 1. The molecule has 36 heavy (non-hydrogen) atoms. The number of nitro groups is 1. The van der Waals surface area contributed by atoms with E-state index < -0.39 is 31.4 Å². The second-order valence-corrected chi connectivity index (χ2v) is 9.70. The van der Waals surface area contributed by atoms with Crippen molar-refractivity contribution in [1.82, 2.24) is 9.62 Å². The van der Waals surface area contributed by atoms with E-state index in [9.17, 15) is 23.3 Å². The fourth-order valence-electron chi connectivity index (χ4n) is 3.58. The fraction of sp³-hybridized carbons (Fsp3) is 0.435. The van der Waals surface area contributed by atoms with E-state index in [4.69, 9.17) is 14.2 Å². The van der Waals surface area contributed by atoms with E-state index in [1.807, 2.05) is 4.72 Å². The van der Waals surface area contributed by atoms with Gasteiger partial charge in [0, 0.05) is 44.9 Å². The van der Waals surface area contributed by atoms with Gasteiger partial charge < -0.3 is 19.5 Å². The molecular formula is C23H30N4O8S. The Hall–Kier alpha value is -3.10. The van der Waals surface area contributed by atoms with Gasteiger partial charge in [-0.3, -0.25) is 19.8 Å². The van der Waals surface area contributed by atoms with Crippen molar-refractivity contribution in [2.24, 2.45) is 0 Å². The number of rotatable bonds is 13. The van der Waals surface area contributed by atoms with Gasteiger partial charge in [-0.15, -0.1) is 0 Å². The summed E-state index contributed by atoms with van der Waals surface area (Å²) < 4.78 is 43.5. The zero-order valence-corrected chi connectivity index (χ0v) is 20.7. The van der Waals surface area contributed by atoms with E-state index in [2.05, 4.69) is 10.2 Å². The largest absolute Gasteiger partial charge is 0.382 e. The molecule has 1 aliphatic heterocycles. The van der Waals surface area contributed by atoms with Crippen molar-refractivity contribution in [3.05, 3.63) is 64.2 Å². The number of carbonyl (C=O) groups excluding carboxylic acids is 1. The highest BCUT2D eigenvalue weighted by atomic mass is 32.2. The molecule has 3 rings (SSSR count). The minimum Gasteiger partial charge on any atom is -0.382 e. The summed E-state index contributed by atoms with van der Waals surface area (Å²) in [6.45, 7) is 4.53. The number of carbonyl (C=O) groups is 1. The minimum atomic E-state index is -4.32.